The van der Waals surface area contributed by atoms with Crippen LogP contribution in [0.1, 0.15) is 52.4 Å². The number of rotatable bonds is 5. The van der Waals surface area contributed by atoms with Gasteiger partial charge in [-0.1, -0.05) is 12.1 Å². The summed E-state index contributed by atoms with van der Waals surface area (Å²) in [6.07, 6.45) is 2.07. The van der Waals surface area contributed by atoms with Crippen molar-refractivity contribution < 1.29 is 4.79 Å². The summed E-state index contributed by atoms with van der Waals surface area (Å²) in [7, 11) is 1.92. The molecule has 1 aromatic carbocycles. The van der Waals surface area contributed by atoms with Crippen LogP contribution in [0, 0.1) is 5.92 Å². The van der Waals surface area contributed by atoms with Gasteiger partial charge in [0.25, 0.3) is 0 Å². The molecule has 1 aliphatic heterocycles. The lowest BCUT2D eigenvalue weighted by molar-refractivity contribution is -0.137. The van der Waals surface area contributed by atoms with E-state index in [1.165, 1.54) is 5.52 Å². The molecule has 0 saturated carbocycles. The summed E-state index contributed by atoms with van der Waals surface area (Å²) in [6.45, 7) is 11.2. The molecule has 0 aliphatic carbocycles. The average molecular weight is 357 g/mol. The number of aromatic nitrogens is 2. The standard InChI is InChI=1S/C21H32N4O/c1-15(2)23(5)21(26)17-9-8-12-24(13-17)14-20-22-18-10-6-7-11-19(18)25(20)16(3)4/h6-7,10-11,15-17H,8-9,12-14H2,1-5H3/t17-/m1/s1. The fourth-order valence-electron chi connectivity index (χ4n) is 3.93. The summed E-state index contributed by atoms with van der Waals surface area (Å²) in [5, 5.41) is 0. The number of hydrogen-bond acceptors (Lipinski definition) is 3. The Hall–Kier alpha value is -1.88. The van der Waals surface area contributed by atoms with Crippen molar-refractivity contribution in [3.8, 4) is 0 Å². The predicted octanol–water partition coefficient (Wildman–Crippen LogP) is 3.70. The average Bonchev–Trinajstić information content (AvgIpc) is 2.98. The molecule has 1 amide bonds. The fourth-order valence-corrected chi connectivity index (χ4v) is 3.93. The Kier molecular flexibility index (Phi) is 5.66. The Bertz CT molecular complexity index is 764. The Labute approximate surface area is 157 Å². The number of benzene rings is 1. The lowest BCUT2D eigenvalue weighted by atomic mass is 9.96. The summed E-state index contributed by atoms with van der Waals surface area (Å²) in [6, 6.07) is 8.96. The van der Waals surface area contributed by atoms with Crippen LogP contribution in [0.4, 0.5) is 0 Å². The van der Waals surface area contributed by atoms with Crippen LogP contribution in [0.15, 0.2) is 24.3 Å². The summed E-state index contributed by atoms with van der Waals surface area (Å²) >= 11 is 0. The van der Waals surface area contributed by atoms with Crippen LogP contribution < -0.4 is 0 Å². The van der Waals surface area contributed by atoms with E-state index in [0.29, 0.717) is 6.04 Å². The predicted molar refractivity (Wildman–Crippen MR) is 106 cm³/mol. The lowest BCUT2D eigenvalue weighted by Gasteiger charge is -2.35. The Morgan fingerprint density at radius 2 is 2.00 bits per heavy atom. The third kappa shape index (κ3) is 3.78. The van der Waals surface area contributed by atoms with Gasteiger partial charge in [-0.2, -0.15) is 0 Å². The highest BCUT2D eigenvalue weighted by Crippen LogP contribution is 2.25. The molecule has 5 heteroatoms. The number of likely N-dealkylation sites (tertiary alicyclic amines) is 1. The third-order valence-electron chi connectivity index (χ3n) is 5.53. The van der Waals surface area contributed by atoms with Crippen molar-refractivity contribution in [3.05, 3.63) is 30.1 Å². The molecule has 142 valence electrons. The molecule has 2 heterocycles. The van der Waals surface area contributed by atoms with Crippen LogP contribution in [0.25, 0.3) is 11.0 Å². The van der Waals surface area contributed by atoms with E-state index >= 15 is 0 Å². The second-order valence-electron chi connectivity index (χ2n) is 8.10. The minimum Gasteiger partial charge on any atom is -0.343 e. The first kappa shape index (κ1) is 18.9. The molecule has 0 bridgehead atoms. The monoisotopic (exact) mass is 356 g/mol. The van der Waals surface area contributed by atoms with Crippen molar-refractivity contribution in [2.45, 2.75) is 59.2 Å². The summed E-state index contributed by atoms with van der Waals surface area (Å²) in [4.78, 5) is 21.9. The smallest absolute Gasteiger partial charge is 0.226 e. The molecule has 0 spiro atoms. The van der Waals surface area contributed by atoms with Gasteiger partial charge in [-0.25, -0.2) is 4.98 Å². The van der Waals surface area contributed by atoms with Gasteiger partial charge in [0, 0.05) is 25.7 Å². The zero-order chi connectivity index (χ0) is 18.8. The van der Waals surface area contributed by atoms with E-state index in [9.17, 15) is 4.79 Å². The topological polar surface area (TPSA) is 41.4 Å². The van der Waals surface area contributed by atoms with E-state index in [2.05, 4.69) is 55.4 Å². The van der Waals surface area contributed by atoms with Crippen molar-refractivity contribution in [3.63, 3.8) is 0 Å². The van der Waals surface area contributed by atoms with Gasteiger partial charge in [0.1, 0.15) is 5.82 Å². The highest BCUT2D eigenvalue weighted by Gasteiger charge is 2.29. The minimum atomic E-state index is 0.105. The number of fused-ring (bicyclic) bond motifs is 1. The molecule has 1 aromatic heterocycles. The van der Waals surface area contributed by atoms with Crippen LogP contribution in [-0.4, -0.2) is 51.4 Å². The molecular formula is C21H32N4O. The van der Waals surface area contributed by atoms with Crippen molar-refractivity contribution in [2.24, 2.45) is 5.92 Å². The number of carbonyl (C=O) groups excluding carboxylic acids is 1. The molecule has 1 saturated heterocycles. The number of nitrogens with zero attached hydrogens (tertiary/aromatic N) is 4. The normalized spacial score (nSPS) is 18.8. The van der Waals surface area contributed by atoms with Crippen LogP contribution in [-0.2, 0) is 11.3 Å². The molecule has 1 aliphatic rings. The quantitative estimate of drug-likeness (QED) is 0.820. The molecular weight excluding hydrogens is 324 g/mol. The van der Waals surface area contributed by atoms with E-state index in [-0.39, 0.29) is 17.9 Å². The van der Waals surface area contributed by atoms with E-state index in [0.717, 1.165) is 43.8 Å². The SMILES string of the molecule is CC(C)N(C)C(=O)[C@@H]1CCCN(Cc2nc3ccccc3n2C(C)C)C1. The maximum atomic E-state index is 12.7. The third-order valence-corrected chi connectivity index (χ3v) is 5.53. The molecule has 26 heavy (non-hydrogen) atoms. The number of hydrogen-bond donors (Lipinski definition) is 0. The molecule has 0 radical (unpaired) electrons. The number of imidazole rings is 1. The van der Waals surface area contributed by atoms with Crippen LogP contribution in [0.2, 0.25) is 0 Å². The zero-order valence-corrected chi connectivity index (χ0v) is 16.8. The molecule has 5 nitrogen and oxygen atoms in total. The molecule has 0 N–H and O–H groups in total. The maximum Gasteiger partial charge on any atom is 0.226 e. The van der Waals surface area contributed by atoms with Crippen molar-refractivity contribution in [2.75, 3.05) is 20.1 Å². The Morgan fingerprint density at radius 1 is 1.27 bits per heavy atom. The fraction of sp³-hybridized carbons (Fsp3) is 0.619. The largest absolute Gasteiger partial charge is 0.343 e. The molecule has 2 aromatic rings. The molecule has 0 unspecified atom stereocenters. The first-order chi connectivity index (χ1) is 12.4. The molecule has 3 rings (SSSR count). The van der Waals surface area contributed by atoms with Gasteiger partial charge < -0.3 is 9.47 Å². The van der Waals surface area contributed by atoms with Crippen molar-refractivity contribution >= 4 is 16.9 Å². The van der Waals surface area contributed by atoms with Gasteiger partial charge in [-0.15, -0.1) is 0 Å². The van der Waals surface area contributed by atoms with E-state index < -0.39 is 0 Å². The van der Waals surface area contributed by atoms with Crippen LogP contribution >= 0.6 is 0 Å². The molecule has 1 atom stereocenters. The molecule has 1 fully saturated rings. The van der Waals surface area contributed by atoms with Gasteiger partial charge in [-0.05, 0) is 59.2 Å². The van der Waals surface area contributed by atoms with Gasteiger partial charge in [0.15, 0.2) is 0 Å². The van der Waals surface area contributed by atoms with E-state index in [1.807, 2.05) is 18.0 Å². The number of para-hydroxylation sites is 2. The number of amides is 1. The Morgan fingerprint density at radius 3 is 2.69 bits per heavy atom. The number of piperidine rings is 1. The summed E-state index contributed by atoms with van der Waals surface area (Å²) in [5.74, 6) is 1.49. The van der Waals surface area contributed by atoms with Crippen LogP contribution in [0.3, 0.4) is 0 Å². The van der Waals surface area contributed by atoms with Gasteiger partial charge in [0.2, 0.25) is 5.91 Å². The summed E-state index contributed by atoms with van der Waals surface area (Å²) in [5.41, 5.74) is 2.25. The lowest BCUT2D eigenvalue weighted by Crippen LogP contribution is -2.45. The van der Waals surface area contributed by atoms with E-state index in [4.69, 9.17) is 4.98 Å². The summed E-state index contributed by atoms with van der Waals surface area (Å²) < 4.78 is 2.33. The van der Waals surface area contributed by atoms with Crippen molar-refractivity contribution in [1.29, 1.82) is 0 Å². The van der Waals surface area contributed by atoms with Crippen molar-refractivity contribution in [1.82, 2.24) is 19.4 Å². The second kappa shape index (κ2) is 7.78. The van der Waals surface area contributed by atoms with Gasteiger partial charge in [-0.3, -0.25) is 9.69 Å². The van der Waals surface area contributed by atoms with Gasteiger partial charge in [0.05, 0.1) is 23.5 Å². The zero-order valence-electron chi connectivity index (χ0n) is 16.8. The highest BCUT2D eigenvalue weighted by molar-refractivity contribution is 5.79. The minimum absolute atomic E-state index is 0.105. The Balaban J connectivity index is 1.78. The van der Waals surface area contributed by atoms with E-state index in [1.54, 1.807) is 0 Å². The van der Waals surface area contributed by atoms with Gasteiger partial charge >= 0.3 is 0 Å². The highest BCUT2D eigenvalue weighted by atomic mass is 16.2. The maximum absolute atomic E-state index is 12.7. The first-order valence-corrected chi connectivity index (χ1v) is 9.83. The second-order valence-corrected chi connectivity index (χ2v) is 8.10. The number of carbonyl (C=O) groups is 1. The first-order valence-electron chi connectivity index (χ1n) is 9.83. The van der Waals surface area contributed by atoms with Crippen LogP contribution in [0.5, 0.6) is 0 Å².